The summed E-state index contributed by atoms with van der Waals surface area (Å²) in [5, 5.41) is 13.2. The molecule has 0 bridgehead atoms. The Labute approximate surface area is 183 Å². The molecule has 0 saturated carbocycles. The molecular weight excluding hydrogens is 390 g/mol. The highest BCUT2D eigenvalue weighted by atomic mass is 16.5. The molecule has 1 heterocycles. The van der Waals surface area contributed by atoms with E-state index in [1.54, 1.807) is 6.92 Å². The number of aromatic nitrogens is 2. The van der Waals surface area contributed by atoms with Crippen LogP contribution in [-0.4, -0.2) is 39.7 Å². The molecule has 0 fully saturated rings. The van der Waals surface area contributed by atoms with Gasteiger partial charge >= 0.3 is 5.97 Å². The number of carboxylic acid groups (broad SMARTS) is 1. The molecule has 0 unspecified atom stereocenters. The summed E-state index contributed by atoms with van der Waals surface area (Å²) >= 11 is 0. The number of carboxylic acids is 1. The monoisotopic (exact) mass is 421 g/mol. The first-order valence-electron chi connectivity index (χ1n) is 10.5. The minimum Gasteiger partial charge on any atom is -0.481 e. The van der Waals surface area contributed by atoms with Gasteiger partial charge in [-0.2, -0.15) is 4.98 Å². The highest BCUT2D eigenvalue weighted by Crippen LogP contribution is 2.25. The summed E-state index contributed by atoms with van der Waals surface area (Å²) in [6.07, 6.45) is 1.01. The van der Waals surface area contributed by atoms with E-state index in [-0.39, 0.29) is 5.41 Å². The number of hydrogen-bond donors (Lipinski definition) is 1. The Bertz CT molecular complexity index is 1000. The second kappa shape index (κ2) is 9.43. The van der Waals surface area contributed by atoms with Gasteiger partial charge in [-0.05, 0) is 42.1 Å². The number of rotatable bonds is 8. The van der Waals surface area contributed by atoms with Crippen LogP contribution in [0.25, 0.3) is 22.8 Å². The standard InChI is InChI=1S/C25H31N3O3/c1-17(24(29)30)15-28(5)16-19-8-10-20(11-9-19)22-26-23(31-27-22)21-12-6-18(7-13-21)14-25(2,3)4/h6-13,17H,14-16H2,1-5H3,(H,29,30)/t17-/m1/s1. The van der Waals surface area contributed by atoms with E-state index in [9.17, 15) is 4.79 Å². The van der Waals surface area contributed by atoms with Gasteiger partial charge < -0.3 is 14.5 Å². The van der Waals surface area contributed by atoms with E-state index in [0.717, 1.165) is 23.1 Å². The molecule has 0 amide bonds. The predicted molar refractivity (Wildman–Crippen MR) is 121 cm³/mol. The van der Waals surface area contributed by atoms with Crippen molar-refractivity contribution in [2.24, 2.45) is 11.3 Å². The Morgan fingerprint density at radius 1 is 1.03 bits per heavy atom. The van der Waals surface area contributed by atoms with Gasteiger partial charge in [0.1, 0.15) is 0 Å². The zero-order valence-corrected chi connectivity index (χ0v) is 18.9. The summed E-state index contributed by atoms with van der Waals surface area (Å²) in [6, 6.07) is 16.2. The first kappa shape index (κ1) is 22.7. The minimum atomic E-state index is -0.779. The third-order valence-corrected chi connectivity index (χ3v) is 5.03. The first-order valence-corrected chi connectivity index (χ1v) is 10.5. The number of aliphatic carboxylic acids is 1. The maximum atomic E-state index is 11.0. The lowest BCUT2D eigenvalue weighted by atomic mass is 9.88. The van der Waals surface area contributed by atoms with Crippen LogP contribution in [-0.2, 0) is 17.8 Å². The van der Waals surface area contributed by atoms with Crippen molar-refractivity contribution in [3.8, 4) is 22.8 Å². The molecule has 6 heteroatoms. The zero-order chi connectivity index (χ0) is 22.6. The molecule has 6 nitrogen and oxygen atoms in total. The smallest absolute Gasteiger partial charge is 0.307 e. The molecule has 0 radical (unpaired) electrons. The van der Waals surface area contributed by atoms with E-state index in [1.165, 1.54) is 5.56 Å². The van der Waals surface area contributed by atoms with Crippen molar-refractivity contribution < 1.29 is 14.4 Å². The fraction of sp³-hybridized carbons (Fsp3) is 0.400. The van der Waals surface area contributed by atoms with Gasteiger partial charge in [0.2, 0.25) is 5.82 Å². The van der Waals surface area contributed by atoms with Crippen LogP contribution in [0.4, 0.5) is 0 Å². The van der Waals surface area contributed by atoms with Crippen LogP contribution in [0.15, 0.2) is 53.1 Å². The normalized spacial score (nSPS) is 12.8. The molecule has 1 aromatic heterocycles. The van der Waals surface area contributed by atoms with E-state index < -0.39 is 11.9 Å². The summed E-state index contributed by atoms with van der Waals surface area (Å²) in [7, 11) is 1.92. The lowest BCUT2D eigenvalue weighted by molar-refractivity contribution is -0.141. The summed E-state index contributed by atoms with van der Waals surface area (Å²) in [4.78, 5) is 17.6. The highest BCUT2D eigenvalue weighted by Gasteiger charge is 2.15. The van der Waals surface area contributed by atoms with Crippen molar-refractivity contribution in [2.45, 2.75) is 40.7 Å². The molecule has 0 aliphatic rings. The molecule has 3 aromatic rings. The van der Waals surface area contributed by atoms with E-state index >= 15 is 0 Å². The number of nitrogens with zero attached hydrogens (tertiary/aromatic N) is 3. The lowest BCUT2D eigenvalue weighted by Gasteiger charge is -2.19. The largest absolute Gasteiger partial charge is 0.481 e. The minimum absolute atomic E-state index is 0.245. The third-order valence-electron chi connectivity index (χ3n) is 5.03. The van der Waals surface area contributed by atoms with E-state index in [0.29, 0.717) is 24.8 Å². The van der Waals surface area contributed by atoms with Crippen LogP contribution < -0.4 is 0 Å². The summed E-state index contributed by atoms with van der Waals surface area (Å²) in [5.41, 5.74) is 4.41. The SMILES string of the molecule is C[C@H](CN(C)Cc1ccc(-c2noc(-c3ccc(CC(C)(C)C)cc3)n2)cc1)C(=O)O. The Hall–Kier alpha value is -2.99. The fourth-order valence-electron chi connectivity index (χ4n) is 3.52. The van der Waals surface area contributed by atoms with Crippen molar-refractivity contribution in [2.75, 3.05) is 13.6 Å². The Morgan fingerprint density at radius 2 is 1.61 bits per heavy atom. The second-order valence-corrected chi connectivity index (χ2v) is 9.49. The summed E-state index contributed by atoms with van der Waals surface area (Å²) in [6.45, 7) is 9.57. The van der Waals surface area contributed by atoms with Crippen molar-refractivity contribution in [1.82, 2.24) is 15.0 Å². The van der Waals surface area contributed by atoms with E-state index in [4.69, 9.17) is 9.63 Å². The summed E-state index contributed by atoms with van der Waals surface area (Å²) < 4.78 is 5.48. The van der Waals surface area contributed by atoms with Crippen molar-refractivity contribution in [1.29, 1.82) is 0 Å². The average molecular weight is 422 g/mol. The zero-order valence-electron chi connectivity index (χ0n) is 18.9. The molecule has 0 aliphatic heterocycles. The maximum absolute atomic E-state index is 11.0. The van der Waals surface area contributed by atoms with Gasteiger partial charge in [-0.3, -0.25) is 4.79 Å². The Kier molecular flexibility index (Phi) is 6.91. The highest BCUT2D eigenvalue weighted by molar-refractivity contribution is 5.69. The van der Waals surface area contributed by atoms with Gasteiger partial charge in [0.25, 0.3) is 5.89 Å². The maximum Gasteiger partial charge on any atom is 0.307 e. The number of benzene rings is 2. The first-order chi connectivity index (χ1) is 14.6. The third kappa shape index (κ3) is 6.49. The van der Waals surface area contributed by atoms with Crippen molar-refractivity contribution in [3.63, 3.8) is 0 Å². The number of carbonyl (C=O) groups is 1. The Morgan fingerprint density at radius 3 is 2.19 bits per heavy atom. The van der Waals surface area contributed by atoms with Gasteiger partial charge in [-0.25, -0.2) is 0 Å². The molecule has 0 saturated heterocycles. The van der Waals surface area contributed by atoms with Gasteiger partial charge in [0.05, 0.1) is 5.92 Å². The van der Waals surface area contributed by atoms with Crippen LogP contribution in [0, 0.1) is 11.3 Å². The summed E-state index contributed by atoms with van der Waals surface area (Å²) in [5.74, 6) is -0.125. The molecule has 3 rings (SSSR count). The number of hydrogen-bond acceptors (Lipinski definition) is 5. The quantitative estimate of drug-likeness (QED) is 0.542. The predicted octanol–water partition coefficient (Wildman–Crippen LogP) is 5.14. The van der Waals surface area contributed by atoms with Gasteiger partial charge in [0, 0.05) is 24.2 Å². The van der Waals surface area contributed by atoms with Crippen LogP contribution in [0.1, 0.15) is 38.8 Å². The van der Waals surface area contributed by atoms with Crippen LogP contribution in [0.3, 0.4) is 0 Å². The van der Waals surface area contributed by atoms with Crippen LogP contribution in [0.2, 0.25) is 0 Å². The lowest BCUT2D eigenvalue weighted by Crippen LogP contribution is -2.28. The molecule has 0 aliphatic carbocycles. The second-order valence-electron chi connectivity index (χ2n) is 9.49. The van der Waals surface area contributed by atoms with Crippen molar-refractivity contribution in [3.05, 3.63) is 59.7 Å². The fourth-order valence-corrected chi connectivity index (χ4v) is 3.52. The van der Waals surface area contributed by atoms with E-state index in [1.807, 2.05) is 48.3 Å². The Balaban J connectivity index is 1.65. The van der Waals surface area contributed by atoms with Crippen molar-refractivity contribution >= 4 is 5.97 Å². The van der Waals surface area contributed by atoms with Crippen LogP contribution in [0.5, 0.6) is 0 Å². The van der Waals surface area contributed by atoms with Gasteiger partial charge in [-0.1, -0.05) is 69.2 Å². The molecule has 31 heavy (non-hydrogen) atoms. The molecule has 0 spiro atoms. The van der Waals surface area contributed by atoms with Crippen LogP contribution >= 0.6 is 0 Å². The van der Waals surface area contributed by atoms with Gasteiger partial charge in [0.15, 0.2) is 0 Å². The average Bonchev–Trinajstić information content (AvgIpc) is 3.18. The molecule has 2 aromatic carbocycles. The molecule has 1 N–H and O–H groups in total. The molecule has 164 valence electrons. The van der Waals surface area contributed by atoms with E-state index in [2.05, 4.69) is 43.0 Å². The topological polar surface area (TPSA) is 79.5 Å². The molecule has 1 atom stereocenters. The van der Waals surface area contributed by atoms with Gasteiger partial charge in [-0.15, -0.1) is 0 Å². The molecular formula is C25H31N3O3.